The summed E-state index contributed by atoms with van der Waals surface area (Å²) in [5.41, 5.74) is 1.35. The van der Waals surface area contributed by atoms with E-state index >= 15 is 0 Å². The summed E-state index contributed by atoms with van der Waals surface area (Å²) in [6.07, 6.45) is 4.12. The van der Waals surface area contributed by atoms with E-state index in [4.69, 9.17) is 4.74 Å². The maximum atomic E-state index is 6.16. The van der Waals surface area contributed by atoms with E-state index < -0.39 is 0 Å². The Balaban J connectivity index is 1.77. The highest BCUT2D eigenvalue weighted by atomic mass is 32.2. The van der Waals surface area contributed by atoms with E-state index in [1.165, 1.54) is 30.6 Å². The predicted molar refractivity (Wildman–Crippen MR) is 72.8 cm³/mol. The van der Waals surface area contributed by atoms with Gasteiger partial charge in [0.2, 0.25) is 0 Å². The summed E-state index contributed by atoms with van der Waals surface area (Å²) in [6, 6.07) is 9.03. The number of thioether (sulfide) groups is 1. The molecule has 0 aliphatic carbocycles. The molecule has 0 bridgehead atoms. The molecule has 3 heteroatoms. The van der Waals surface area contributed by atoms with Gasteiger partial charge in [-0.05, 0) is 37.6 Å². The fourth-order valence-electron chi connectivity index (χ4n) is 2.61. The molecule has 92 valence electrons. The maximum Gasteiger partial charge on any atom is 0.124 e. The second kappa shape index (κ2) is 5.32. The van der Waals surface area contributed by atoms with Crippen LogP contribution in [0, 0.1) is 0 Å². The fourth-order valence-corrected chi connectivity index (χ4v) is 3.70. The van der Waals surface area contributed by atoms with E-state index in [1.807, 2.05) is 11.8 Å². The standard InChI is InChI=1S/C14H19NOS/c1-2-6-14(16-11-7-9-17-10-11)12(4-1)13-5-3-8-15-13/h1-2,4,6,11,13,15H,3,5,7-10H2. The van der Waals surface area contributed by atoms with E-state index in [1.54, 1.807) is 0 Å². The van der Waals surface area contributed by atoms with Crippen LogP contribution in [0.5, 0.6) is 5.75 Å². The van der Waals surface area contributed by atoms with Crippen LogP contribution in [0.3, 0.4) is 0 Å². The first-order chi connectivity index (χ1) is 8.43. The van der Waals surface area contributed by atoms with Crippen molar-refractivity contribution < 1.29 is 4.74 Å². The average molecular weight is 249 g/mol. The van der Waals surface area contributed by atoms with Gasteiger partial charge in [0.25, 0.3) is 0 Å². The second-order valence-corrected chi connectivity index (χ2v) is 5.94. The van der Waals surface area contributed by atoms with Crippen molar-refractivity contribution in [1.82, 2.24) is 5.32 Å². The Labute approximate surface area is 107 Å². The Kier molecular flexibility index (Phi) is 3.57. The molecule has 0 saturated carbocycles. The lowest BCUT2D eigenvalue weighted by Gasteiger charge is -2.19. The predicted octanol–water partition coefficient (Wildman–Crippen LogP) is 3.00. The van der Waals surface area contributed by atoms with Crippen molar-refractivity contribution in [2.24, 2.45) is 0 Å². The van der Waals surface area contributed by atoms with E-state index in [-0.39, 0.29) is 0 Å². The van der Waals surface area contributed by atoms with Gasteiger partial charge in [0.05, 0.1) is 0 Å². The van der Waals surface area contributed by atoms with Crippen molar-refractivity contribution in [1.29, 1.82) is 0 Å². The smallest absolute Gasteiger partial charge is 0.124 e. The Bertz CT molecular complexity index is 370. The second-order valence-electron chi connectivity index (χ2n) is 4.79. The van der Waals surface area contributed by atoms with E-state index in [2.05, 4.69) is 29.6 Å². The Morgan fingerprint density at radius 1 is 1.24 bits per heavy atom. The van der Waals surface area contributed by atoms with Crippen LogP contribution in [-0.2, 0) is 0 Å². The van der Waals surface area contributed by atoms with Crippen LogP contribution < -0.4 is 10.1 Å². The van der Waals surface area contributed by atoms with Gasteiger partial charge in [-0.3, -0.25) is 0 Å². The molecule has 2 unspecified atom stereocenters. The SMILES string of the molecule is c1ccc(C2CCCN2)c(OC2CCSC2)c1. The minimum atomic E-state index is 0.419. The zero-order valence-corrected chi connectivity index (χ0v) is 10.8. The summed E-state index contributed by atoms with van der Waals surface area (Å²) in [5, 5.41) is 3.55. The molecule has 2 aliphatic heterocycles. The molecule has 2 fully saturated rings. The molecule has 2 nitrogen and oxygen atoms in total. The van der Waals surface area contributed by atoms with Gasteiger partial charge >= 0.3 is 0 Å². The lowest BCUT2D eigenvalue weighted by atomic mass is 10.0. The van der Waals surface area contributed by atoms with Crippen molar-refractivity contribution in [3.8, 4) is 5.75 Å². The largest absolute Gasteiger partial charge is 0.489 e. The van der Waals surface area contributed by atoms with Gasteiger partial charge < -0.3 is 10.1 Å². The van der Waals surface area contributed by atoms with Crippen molar-refractivity contribution in [3.63, 3.8) is 0 Å². The van der Waals surface area contributed by atoms with Crippen molar-refractivity contribution in [2.75, 3.05) is 18.1 Å². The first-order valence-electron chi connectivity index (χ1n) is 6.50. The van der Waals surface area contributed by atoms with Crippen LogP contribution in [0.2, 0.25) is 0 Å². The molecular formula is C14H19NOS. The molecule has 1 N–H and O–H groups in total. The van der Waals surface area contributed by atoms with E-state index in [9.17, 15) is 0 Å². The first kappa shape index (κ1) is 11.4. The highest BCUT2D eigenvalue weighted by Gasteiger charge is 2.22. The van der Waals surface area contributed by atoms with Crippen LogP contribution in [0.25, 0.3) is 0 Å². The summed E-state index contributed by atoms with van der Waals surface area (Å²) >= 11 is 2.00. The Hall–Kier alpha value is -0.670. The molecular weight excluding hydrogens is 230 g/mol. The van der Waals surface area contributed by atoms with Gasteiger partial charge in [-0.2, -0.15) is 11.8 Å². The molecule has 0 aromatic heterocycles. The highest BCUT2D eigenvalue weighted by Crippen LogP contribution is 2.32. The maximum absolute atomic E-state index is 6.16. The molecule has 2 saturated heterocycles. The third-order valence-electron chi connectivity index (χ3n) is 3.54. The zero-order chi connectivity index (χ0) is 11.5. The molecule has 0 amide bonds. The van der Waals surface area contributed by atoms with E-state index in [0.717, 1.165) is 18.0 Å². The van der Waals surface area contributed by atoms with Crippen molar-refractivity contribution >= 4 is 11.8 Å². The lowest BCUT2D eigenvalue weighted by Crippen LogP contribution is -2.19. The van der Waals surface area contributed by atoms with Gasteiger partial charge in [-0.15, -0.1) is 0 Å². The molecule has 2 heterocycles. The molecule has 0 radical (unpaired) electrons. The van der Waals surface area contributed by atoms with Gasteiger partial charge in [0, 0.05) is 17.4 Å². The molecule has 0 spiro atoms. The molecule has 3 rings (SSSR count). The van der Waals surface area contributed by atoms with Crippen LogP contribution in [0.4, 0.5) is 0 Å². The third kappa shape index (κ3) is 2.61. The van der Waals surface area contributed by atoms with Gasteiger partial charge in [-0.25, -0.2) is 0 Å². The summed E-state index contributed by atoms with van der Waals surface area (Å²) in [6.45, 7) is 1.14. The number of hydrogen-bond donors (Lipinski definition) is 1. The van der Waals surface area contributed by atoms with E-state index in [0.29, 0.717) is 12.1 Å². The van der Waals surface area contributed by atoms with Crippen LogP contribution in [-0.4, -0.2) is 24.2 Å². The summed E-state index contributed by atoms with van der Waals surface area (Å²) < 4.78 is 6.16. The van der Waals surface area contributed by atoms with Crippen molar-refractivity contribution in [3.05, 3.63) is 29.8 Å². The number of benzene rings is 1. The number of ether oxygens (including phenoxy) is 1. The van der Waals surface area contributed by atoms with Gasteiger partial charge in [-0.1, -0.05) is 18.2 Å². The number of nitrogens with one attached hydrogen (secondary N) is 1. The normalized spacial score (nSPS) is 28.5. The average Bonchev–Trinajstić information content (AvgIpc) is 3.01. The third-order valence-corrected chi connectivity index (χ3v) is 4.67. The molecule has 2 atom stereocenters. The van der Waals surface area contributed by atoms with Gasteiger partial charge in [0.15, 0.2) is 0 Å². The summed E-state index contributed by atoms with van der Waals surface area (Å²) in [5.74, 6) is 3.49. The van der Waals surface area contributed by atoms with Crippen LogP contribution in [0.15, 0.2) is 24.3 Å². The molecule has 1 aromatic rings. The summed E-state index contributed by atoms with van der Waals surface area (Å²) in [7, 11) is 0. The lowest BCUT2D eigenvalue weighted by molar-refractivity contribution is 0.225. The quantitative estimate of drug-likeness (QED) is 0.890. The van der Waals surface area contributed by atoms with Crippen LogP contribution in [0.1, 0.15) is 30.9 Å². The minimum absolute atomic E-state index is 0.419. The fraction of sp³-hybridized carbons (Fsp3) is 0.571. The first-order valence-corrected chi connectivity index (χ1v) is 7.65. The molecule has 1 aromatic carbocycles. The van der Waals surface area contributed by atoms with Crippen molar-refractivity contribution in [2.45, 2.75) is 31.4 Å². The molecule has 2 aliphatic rings. The summed E-state index contributed by atoms with van der Waals surface area (Å²) in [4.78, 5) is 0. The molecule has 17 heavy (non-hydrogen) atoms. The number of para-hydroxylation sites is 1. The Morgan fingerprint density at radius 3 is 2.94 bits per heavy atom. The minimum Gasteiger partial charge on any atom is -0.489 e. The monoisotopic (exact) mass is 249 g/mol. The number of rotatable bonds is 3. The highest BCUT2D eigenvalue weighted by molar-refractivity contribution is 7.99. The topological polar surface area (TPSA) is 21.3 Å². The Morgan fingerprint density at radius 2 is 2.18 bits per heavy atom. The van der Waals surface area contributed by atoms with Crippen LogP contribution >= 0.6 is 11.8 Å². The van der Waals surface area contributed by atoms with Gasteiger partial charge in [0.1, 0.15) is 11.9 Å². The number of hydrogen-bond acceptors (Lipinski definition) is 3. The zero-order valence-electron chi connectivity index (χ0n) is 10.0.